The van der Waals surface area contributed by atoms with Crippen LogP contribution in [0.2, 0.25) is 0 Å². The number of rotatable bonds is 4. The van der Waals surface area contributed by atoms with E-state index in [1.54, 1.807) is 7.11 Å². The first kappa shape index (κ1) is 11.0. The molecule has 0 aromatic heterocycles. The van der Waals surface area contributed by atoms with Crippen LogP contribution in [0.25, 0.3) is 0 Å². The summed E-state index contributed by atoms with van der Waals surface area (Å²) in [6.45, 7) is 2.89. The Morgan fingerprint density at radius 3 is 2.06 bits per heavy atom. The van der Waals surface area contributed by atoms with Crippen molar-refractivity contribution in [3.05, 3.63) is 0 Å². The zero-order valence-corrected chi connectivity index (χ0v) is 10.5. The van der Waals surface area contributed by atoms with E-state index in [0.717, 1.165) is 30.3 Å². The van der Waals surface area contributed by atoms with Crippen LogP contribution in [0.1, 0.15) is 39.0 Å². The van der Waals surface area contributed by atoms with E-state index in [0.29, 0.717) is 6.10 Å². The molecule has 0 saturated heterocycles. The second kappa shape index (κ2) is 4.30. The van der Waals surface area contributed by atoms with Crippen LogP contribution in [0.3, 0.4) is 0 Å². The van der Waals surface area contributed by atoms with Gasteiger partial charge in [-0.1, -0.05) is 0 Å². The minimum atomic E-state index is 0.271. The maximum atomic E-state index is 6.24. The number of ether oxygens (including phenoxy) is 2. The van der Waals surface area contributed by atoms with Gasteiger partial charge in [-0.05, 0) is 62.7 Å². The van der Waals surface area contributed by atoms with Crippen LogP contribution < -0.4 is 0 Å². The van der Waals surface area contributed by atoms with Crippen molar-refractivity contribution in [2.24, 2.45) is 23.7 Å². The van der Waals surface area contributed by atoms with Crippen LogP contribution in [-0.2, 0) is 9.47 Å². The third kappa shape index (κ3) is 1.91. The molecule has 4 aliphatic rings. The largest absolute Gasteiger partial charge is 0.382 e. The van der Waals surface area contributed by atoms with E-state index in [2.05, 4.69) is 6.92 Å². The SMILES string of the molecule is COCC(C)OC1C2CC3CC(C2)CC1C3. The van der Waals surface area contributed by atoms with Crippen molar-refractivity contribution in [1.29, 1.82) is 0 Å². The maximum absolute atomic E-state index is 6.24. The van der Waals surface area contributed by atoms with Gasteiger partial charge in [0.05, 0.1) is 18.8 Å². The summed E-state index contributed by atoms with van der Waals surface area (Å²) in [6, 6.07) is 0. The minimum Gasteiger partial charge on any atom is -0.382 e. The topological polar surface area (TPSA) is 18.5 Å². The van der Waals surface area contributed by atoms with Crippen molar-refractivity contribution in [3.63, 3.8) is 0 Å². The average Bonchev–Trinajstić information content (AvgIpc) is 2.23. The Kier molecular flexibility index (Phi) is 2.97. The van der Waals surface area contributed by atoms with Crippen molar-refractivity contribution in [2.75, 3.05) is 13.7 Å². The molecule has 0 aromatic carbocycles. The van der Waals surface area contributed by atoms with Crippen molar-refractivity contribution < 1.29 is 9.47 Å². The molecule has 4 rings (SSSR count). The molecule has 0 radical (unpaired) electrons. The molecule has 0 aromatic rings. The van der Waals surface area contributed by atoms with Gasteiger partial charge < -0.3 is 9.47 Å². The molecule has 92 valence electrons. The molecule has 2 heteroatoms. The number of hydrogen-bond donors (Lipinski definition) is 0. The van der Waals surface area contributed by atoms with Gasteiger partial charge in [0.15, 0.2) is 0 Å². The molecule has 1 unspecified atom stereocenters. The minimum absolute atomic E-state index is 0.271. The van der Waals surface area contributed by atoms with Crippen molar-refractivity contribution in [2.45, 2.75) is 51.2 Å². The zero-order chi connectivity index (χ0) is 11.1. The average molecular weight is 224 g/mol. The molecule has 0 aliphatic heterocycles. The van der Waals surface area contributed by atoms with Gasteiger partial charge in [0.2, 0.25) is 0 Å². The van der Waals surface area contributed by atoms with Gasteiger partial charge in [0, 0.05) is 7.11 Å². The van der Waals surface area contributed by atoms with Crippen LogP contribution >= 0.6 is 0 Å². The van der Waals surface area contributed by atoms with E-state index in [1.807, 2.05) is 0 Å². The van der Waals surface area contributed by atoms with Gasteiger partial charge in [-0.2, -0.15) is 0 Å². The summed E-state index contributed by atoms with van der Waals surface area (Å²) in [4.78, 5) is 0. The van der Waals surface area contributed by atoms with E-state index in [1.165, 1.54) is 32.1 Å². The number of methoxy groups -OCH3 is 1. The summed E-state index contributed by atoms with van der Waals surface area (Å²) >= 11 is 0. The van der Waals surface area contributed by atoms with Crippen molar-refractivity contribution in [3.8, 4) is 0 Å². The summed E-state index contributed by atoms with van der Waals surface area (Å²) in [6.07, 6.45) is 8.11. The van der Waals surface area contributed by atoms with E-state index in [9.17, 15) is 0 Å². The standard InChI is InChI=1S/C14H24O2/c1-9(8-15-2)16-14-12-4-10-3-11(6-12)7-13(14)5-10/h9-14H,3-8H2,1-2H3. The maximum Gasteiger partial charge on any atom is 0.0784 e. The molecule has 16 heavy (non-hydrogen) atoms. The van der Waals surface area contributed by atoms with E-state index in [-0.39, 0.29) is 6.10 Å². The fourth-order valence-corrected chi connectivity index (χ4v) is 4.64. The van der Waals surface area contributed by atoms with Crippen LogP contribution in [0.4, 0.5) is 0 Å². The fourth-order valence-electron chi connectivity index (χ4n) is 4.64. The van der Waals surface area contributed by atoms with Gasteiger partial charge in [0.1, 0.15) is 0 Å². The Labute approximate surface area is 98.7 Å². The Morgan fingerprint density at radius 2 is 1.56 bits per heavy atom. The normalized spacial score (nSPS) is 47.2. The van der Waals surface area contributed by atoms with Crippen molar-refractivity contribution >= 4 is 0 Å². The summed E-state index contributed by atoms with van der Waals surface area (Å²) in [5.74, 6) is 3.83. The third-order valence-corrected chi connectivity index (χ3v) is 4.93. The lowest BCUT2D eigenvalue weighted by Gasteiger charge is -2.54. The molecule has 2 nitrogen and oxygen atoms in total. The molecule has 0 N–H and O–H groups in total. The van der Waals surface area contributed by atoms with Crippen LogP contribution in [-0.4, -0.2) is 25.9 Å². The first-order chi connectivity index (χ1) is 7.76. The van der Waals surface area contributed by atoms with E-state index >= 15 is 0 Å². The molecule has 4 bridgehead atoms. The highest BCUT2D eigenvalue weighted by Crippen LogP contribution is 2.54. The third-order valence-electron chi connectivity index (χ3n) is 4.93. The highest BCUT2D eigenvalue weighted by atomic mass is 16.5. The quantitative estimate of drug-likeness (QED) is 0.731. The molecule has 0 heterocycles. The monoisotopic (exact) mass is 224 g/mol. The molecule has 0 spiro atoms. The second-order valence-electron chi connectivity index (χ2n) is 6.30. The highest BCUT2D eigenvalue weighted by molar-refractivity contribution is 4.99. The molecule has 4 fully saturated rings. The lowest BCUT2D eigenvalue weighted by Crippen LogP contribution is -2.50. The first-order valence-electron chi connectivity index (χ1n) is 6.90. The zero-order valence-electron chi connectivity index (χ0n) is 10.5. The molecule has 0 amide bonds. The summed E-state index contributed by atoms with van der Waals surface area (Å²) in [5, 5.41) is 0. The number of hydrogen-bond acceptors (Lipinski definition) is 2. The molecular formula is C14H24O2. The van der Waals surface area contributed by atoms with Crippen LogP contribution in [0, 0.1) is 23.7 Å². The van der Waals surface area contributed by atoms with Gasteiger partial charge in [0.25, 0.3) is 0 Å². The Hall–Kier alpha value is -0.0800. The molecule has 4 saturated carbocycles. The van der Waals surface area contributed by atoms with Crippen LogP contribution in [0.5, 0.6) is 0 Å². The lowest BCUT2D eigenvalue weighted by atomic mass is 9.55. The summed E-state index contributed by atoms with van der Waals surface area (Å²) in [7, 11) is 1.76. The Bertz CT molecular complexity index is 223. The predicted molar refractivity (Wildman–Crippen MR) is 63.3 cm³/mol. The Morgan fingerprint density at radius 1 is 1.00 bits per heavy atom. The van der Waals surface area contributed by atoms with Gasteiger partial charge >= 0.3 is 0 Å². The first-order valence-corrected chi connectivity index (χ1v) is 6.90. The molecular weight excluding hydrogens is 200 g/mol. The summed E-state index contributed by atoms with van der Waals surface area (Å²) < 4.78 is 11.4. The van der Waals surface area contributed by atoms with E-state index in [4.69, 9.17) is 9.47 Å². The molecule has 1 atom stereocenters. The second-order valence-corrected chi connectivity index (χ2v) is 6.30. The van der Waals surface area contributed by atoms with Gasteiger partial charge in [-0.15, -0.1) is 0 Å². The van der Waals surface area contributed by atoms with Crippen molar-refractivity contribution in [1.82, 2.24) is 0 Å². The smallest absolute Gasteiger partial charge is 0.0784 e. The lowest BCUT2D eigenvalue weighted by molar-refractivity contribution is -0.156. The fraction of sp³-hybridized carbons (Fsp3) is 1.00. The van der Waals surface area contributed by atoms with E-state index < -0.39 is 0 Å². The van der Waals surface area contributed by atoms with Gasteiger partial charge in [-0.25, -0.2) is 0 Å². The summed E-state index contributed by atoms with van der Waals surface area (Å²) in [5.41, 5.74) is 0. The predicted octanol–water partition coefficient (Wildman–Crippen LogP) is 2.86. The highest BCUT2D eigenvalue weighted by Gasteiger charge is 2.49. The van der Waals surface area contributed by atoms with Gasteiger partial charge in [-0.3, -0.25) is 0 Å². The molecule has 4 aliphatic carbocycles. The Balaban J connectivity index is 1.63. The van der Waals surface area contributed by atoms with Crippen LogP contribution in [0.15, 0.2) is 0 Å².